The van der Waals surface area contributed by atoms with Crippen molar-refractivity contribution in [3.8, 4) is 0 Å². The van der Waals surface area contributed by atoms with Gasteiger partial charge < -0.3 is 15.1 Å². The van der Waals surface area contributed by atoms with Crippen molar-refractivity contribution in [3.63, 3.8) is 0 Å². The smallest absolute Gasteiger partial charge is 0.130 e. The molecule has 0 spiro atoms. The van der Waals surface area contributed by atoms with E-state index >= 15 is 0 Å². The van der Waals surface area contributed by atoms with Crippen molar-refractivity contribution in [2.45, 2.75) is 18.5 Å². The molecule has 1 saturated heterocycles. The maximum Gasteiger partial charge on any atom is 0.130 e. The van der Waals surface area contributed by atoms with E-state index in [0.29, 0.717) is 12.5 Å². The molecule has 0 saturated carbocycles. The minimum absolute atomic E-state index is 0.150. The Kier molecular flexibility index (Phi) is 5.07. The monoisotopic (exact) mass is 283 g/mol. The molecule has 1 aromatic rings. The van der Waals surface area contributed by atoms with Crippen LogP contribution in [0.25, 0.3) is 0 Å². The average molecular weight is 283 g/mol. The Bertz CT molecular complexity index is 432. The number of hydrogen-bond donors (Lipinski definition) is 1. The van der Waals surface area contributed by atoms with Crippen LogP contribution in [0.1, 0.15) is 18.0 Å². The van der Waals surface area contributed by atoms with E-state index in [-0.39, 0.29) is 11.6 Å². The van der Waals surface area contributed by atoms with Crippen LogP contribution in [0.5, 0.6) is 0 Å². The number of piperazine rings is 1. The molecule has 1 N–H and O–H groups in total. The molecule has 0 amide bonds. The third-order valence-electron chi connectivity index (χ3n) is 4.18. The molecule has 1 aliphatic heterocycles. The zero-order valence-corrected chi connectivity index (χ0v) is 12.4. The van der Waals surface area contributed by atoms with Crippen molar-refractivity contribution in [2.75, 3.05) is 40.8 Å². The molecule has 0 radical (unpaired) electrons. The number of hydrogen-bond acceptors (Lipinski definition) is 3. The van der Waals surface area contributed by atoms with E-state index in [1.807, 2.05) is 0 Å². The zero-order valence-electron chi connectivity index (χ0n) is 12.4. The number of nitrogens with one attached hydrogen (secondary N) is 1. The third kappa shape index (κ3) is 3.34. The summed E-state index contributed by atoms with van der Waals surface area (Å²) in [5, 5.41) is 3.06. The van der Waals surface area contributed by atoms with Crippen molar-refractivity contribution in [2.24, 2.45) is 0 Å². The highest BCUT2D eigenvalue weighted by Gasteiger charge is 2.27. The highest BCUT2D eigenvalue weighted by molar-refractivity contribution is 5.23. The summed E-state index contributed by atoms with van der Waals surface area (Å²) in [5.74, 6) is -0.952. The molecule has 0 bridgehead atoms. The van der Waals surface area contributed by atoms with Gasteiger partial charge in [-0.05, 0) is 39.7 Å². The van der Waals surface area contributed by atoms with Crippen LogP contribution in [0.3, 0.4) is 0 Å². The minimum Gasteiger partial charge on any atom is -0.313 e. The fourth-order valence-corrected chi connectivity index (χ4v) is 2.85. The van der Waals surface area contributed by atoms with Gasteiger partial charge in [0.25, 0.3) is 0 Å². The van der Waals surface area contributed by atoms with E-state index in [4.69, 9.17) is 0 Å². The van der Waals surface area contributed by atoms with Gasteiger partial charge in [0.2, 0.25) is 0 Å². The van der Waals surface area contributed by atoms with Gasteiger partial charge in [-0.3, -0.25) is 0 Å². The topological polar surface area (TPSA) is 18.5 Å². The Morgan fingerprint density at radius 2 is 1.90 bits per heavy atom. The van der Waals surface area contributed by atoms with E-state index in [2.05, 4.69) is 29.2 Å². The van der Waals surface area contributed by atoms with Gasteiger partial charge in [0, 0.05) is 37.3 Å². The van der Waals surface area contributed by atoms with Crippen molar-refractivity contribution in [1.82, 2.24) is 15.1 Å². The van der Waals surface area contributed by atoms with Crippen molar-refractivity contribution in [1.29, 1.82) is 0 Å². The lowest BCUT2D eigenvalue weighted by atomic mass is 9.96. The number of nitrogens with zero attached hydrogens (tertiary/aromatic N) is 2. The lowest BCUT2D eigenvalue weighted by Crippen LogP contribution is -2.51. The Morgan fingerprint density at radius 1 is 1.25 bits per heavy atom. The predicted octanol–water partition coefficient (Wildman–Crippen LogP) is 1.86. The summed E-state index contributed by atoms with van der Waals surface area (Å²) in [6, 6.07) is 4.03. The van der Waals surface area contributed by atoms with Crippen LogP contribution in [0.2, 0.25) is 0 Å². The van der Waals surface area contributed by atoms with Crippen LogP contribution in [0.4, 0.5) is 8.78 Å². The molecular formula is C15H23F2N3. The molecule has 20 heavy (non-hydrogen) atoms. The molecule has 0 aromatic heterocycles. The Morgan fingerprint density at radius 3 is 2.50 bits per heavy atom. The highest BCUT2D eigenvalue weighted by Crippen LogP contribution is 2.26. The predicted molar refractivity (Wildman–Crippen MR) is 76.7 cm³/mol. The van der Waals surface area contributed by atoms with E-state index < -0.39 is 11.6 Å². The maximum absolute atomic E-state index is 13.9. The summed E-state index contributed by atoms with van der Waals surface area (Å²) in [6.45, 7) is 2.94. The van der Waals surface area contributed by atoms with Gasteiger partial charge in [-0.25, -0.2) is 8.78 Å². The van der Waals surface area contributed by atoms with E-state index in [1.54, 1.807) is 7.05 Å². The van der Waals surface area contributed by atoms with Crippen molar-refractivity contribution in [3.05, 3.63) is 35.4 Å². The highest BCUT2D eigenvalue weighted by atomic mass is 19.1. The molecule has 2 rings (SSSR count). The summed E-state index contributed by atoms with van der Waals surface area (Å²) in [7, 11) is 5.91. The molecule has 1 heterocycles. The Balaban J connectivity index is 2.16. The lowest BCUT2D eigenvalue weighted by Gasteiger charge is -2.39. The van der Waals surface area contributed by atoms with Crippen LogP contribution in [0, 0.1) is 11.6 Å². The molecule has 112 valence electrons. The second kappa shape index (κ2) is 6.61. The summed E-state index contributed by atoms with van der Waals surface area (Å²) in [5.41, 5.74) is 0.150. The second-order valence-electron chi connectivity index (χ2n) is 5.61. The Labute approximate surface area is 119 Å². The van der Waals surface area contributed by atoms with Gasteiger partial charge >= 0.3 is 0 Å². The normalized spacial score (nSPS) is 22.9. The fourth-order valence-electron chi connectivity index (χ4n) is 2.85. The largest absolute Gasteiger partial charge is 0.313 e. The molecule has 0 aliphatic carbocycles. The zero-order chi connectivity index (χ0) is 14.7. The molecule has 1 aromatic carbocycles. The molecular weight excluding hydrogens is 260 g/mol. The summed E-state index contributed by atoms with van der Waals surface area (Å²) in [4.78, 5) is 4.53. The van der Waals surface area contributed by atoms with Gasteiger partial charge in [-0.2, -0.15) is 0 Å². The molecule has 2 atom stereocenters. The minimum atomic E-state index is -0.476. The first-order valence-corrected chi connectivity index (χ1v) is 7.03. The van der Waals surface area contributed by atoms with E-state index in [0.717, 1.165) is 19.6 Å². The van der Waals surface area contributed by atoms with Crippen molar-refractivity contribution < 1.29 is 8.78 Å². The van der Waals surface area contributed by atoms with E-state index in [1.165, 1.54) is 18.2 Å². The second-order valence-corrected chi connectivity index (χ2v) is 5.61. The first kappa shape index (κ1) is 15.4. The summed E-state index contributed by atoms with van der Waals surface area (Å²) in [6.07, 6.45) is 0.690. The average Bonchev–Trinajstić information content (AvgIpc) is 2.41. The maximum atomic E-state index is 13.9. The first-order valence-electron chi connectivity index (χ1n) is 7.03. The third-order valence-corrected chi connectivity index (χ3v) is 4.18. The molecule has 1 aliphatic rings. The van der Waals surface area contributed by atoms with Gasteiger partial charge in [-0.1, -0.05) is 6.07 Å². The number of benzene rings is 1. The van der Waals surface area contributed by atoms with Crippen molar-refractivity contribution >= 4 is 0 Å². The molecule has 5 heteroatoms. The van der Waals surface area contributed by atoms with E-state index in [9.17, 15) is 8.78 Å². The van der Waals surface area contributed by atoms with Gasteiger partial charge in [0.05, 0.1) is 0 Å². The first-order chi connectivity index (χ1) is 9.52. The number of likely N-dealkylation sites (N-methyl/N-ethyl adjacent to an activating group) is 2. The standard InChI is InChI=1S/C15H23F2N3/c1-18-14(15-12(16)5-4-6-13(15)17)9-11-10-19(2)7-8-20(11)3/h4-6,11,14,18H,7-10H2,1-3H3. The number of rotatable bonds is 4. The van der Waals surface area contributed by atoms with Crippen LogP contribution < -0.4 is 5.32 Å². The SMILES string of the molecule is CNC(CC1CN(C)CCN1C)c1c(F)cccc1F. The van der Waals surface area contributed by atoms with Crippen LogP contribution >= 0.6 is 0 Å². The number of halogens is 2. The van der Waals surface area contributed by atoms with Gasteiger partial charge in [-0.15, -0.1) is 0 Å². The fraction of sp³-hybridized carbons (Fsp3) is 0.600. The molecule has 2 unspecified atom stereocenters. The van der Waals surface area contributed by atoms with Gasteiger partial charge in [0.15, 0.2) is 0 Å². The molecule has 3 nitrogen and oxygen atoms in total. The van der Waals surface area contributed by atoms with Crippen LogP contribution in [0.15, 0.2) is 18.2 Å². The lowest BCUT2D eigenvalue weighted by molar-refractivity contribution is 0.101. The van der Waals surface area contributed by atoms with Crippen LogP contribution in [-0.2, 0) is 0 Å². The quantitative estimate of drug-likeness (QED) is 0.910. The molecule has 1 fully saturated rings. The van der Waals surface area contributed by atoms with Gasteiger partial charge in [0.1, 0.15) is 11.6 Å². The van der Waals surface area contributed by atoms with Crippen LogP contribution in [-0.4, -0.2) is 56.6 Å². The summed E-state index contributed by atoms with van der Waals surface area (Å²) >= 11 is 0. The summed E-state index contributed by atoms with van der Waals surface area (Å²) < 4.78 is 27.8. The Hall–Kier alpha value is -1.04.